The maximum atomic E-state index is 13.2. The zero-order chi connectivity index (χ0) is 14.1. The van der Waals surface area contributed by atoms with Gasteiger partial charge in [-0.05, 0) is 42.8 Å². The SMILES string of the molecule is Cc1nc2cc(NC(C)c3cccc(F)c3)ccc2o1. The minimum atomic E-state index is -0.223. The molecule has 3 aromatic rings. The number of anilines is 1. The molecule has 0 aliphatic heterocycles. The van der Waals surface area contributed by atoms with Crippen molar-refractivity contribution < 1.29 is 8.81 Å². The molecular weight excluding hydrogens is 255 g/mol. The average Bonchev–Trinajstić information content (AvgIpc) is 2.78. The van der Waals surface area contributed by atoms with Gasteiger partial charge >= 0.3 is 0 Å². The fourth-order valence-electron chi connectivity index (χ4n) is 2.24. The van der Waals surface area contributed by atoms with Crippen molar-refractivity contribution in [3.8, 4) is 0 Å². The first-order valence-corrected chi connectivity index (χ1v) is 6.51. The van der Waals surface area contributed by atoms with Crippen molar-refractivity contribution in [1.82, 2.24) is 4.98 Å². The summed E-state index contributed by atoms with van der Waals surface area (Å²) in [5.74, 6) is 0.425. The third-order valence-corrected chi connectivity index (χ3v) is 3.23. The van der Waals surface area contributed by atoms with Crippen LogP contribution in [0.15, 0.2) is 46.9 Å². The summed E-state index contributed by atoms with van der Waals surface area (Å²) >= 11 is 0. The van der Waals surface area contributed by atoms with Crippen LogP contribution in [0, 0.1) is 12.7 Å². The summed E-state index contributed by atoms with van der Waals surface area (Å²) in [6.07, 6.45) is 0. The van der Waals surface area contributed by atoms with Gasteiger partial charge in [0, 0.05) is 18.7 Å². The molecule has 1 N–H and O–H groups in total. The van der Waals surface area contributed by atoms with Gasteiger partial charge in [0.2, 0.25) is 0 Å². The third kappa shape index (κ3) is 2.50. The molecule has 1 atom stereocenters. The summed E-state index contributed by atoms with van der Waals surface area (Å²) in [6, 6.07) is 12.4. The Labute approximate surface area is 116 Å². The second-order valence-corrected chi connectivity index (χ2v) is 4.84. The fourth-order valence-corrected chi connectivity index (χ4v) is 2.24. The first-order chi connectivity index (χ1) is 9.61. The normalized spacial score (nSPS) is 12.6. The highest BCUT2D eigenvalue weighted by molar-refractivity contribution is 5.77. The second kappa shape index (κ2) is 4.96. The molecule has 102 valence electrons. The van der Waals surface area contributed by atoms with E-state index in [2.05, 4.69) is 10.3 Å². The Balaban J connectivity index is 1.85. The van der Waals surface area contributed by atoms with Gasteiger partial charge in [0.25, 0.3) is 0 Å². The molecule has 0 aliphatic carbocycles. The van der Waals surface area contributed by atoms with E-state index in [-0.39, 0.29) is 11.9 Å². The molecule has 3 rings (SSSR count). The molecule has 0 amide bonds. The number of hydrogen-bond donors (Lipinski definition) is 1. The van der Waals surface area contributed by atoms with E-state index >= 15 is 0 Å². The van der Waals surface area contributed by atoms with Crippen molar-refractivity contribution in [1.29, 1.82) is 0 Å². The third-order valence-electron chi connectivity index (χ3n) is 3.23. The van der Waals surface area contributed by atoms with Gasteiger partial charge in [-0.15, -0.1) is 0 Å². The van der Waals surface area contributed by atoms with Crippen LogP contribution in [0.4, 0.5) is 10.1 Å². The van der Waals surface area contributed by atoms with Gasteiger partial charge in [-0.25, -0.2) is 9.37 Å². The zero-order valence-electron chi connectivity index (χ0n) is 11.4. The van der Waals surface area contributed by atoms with Gasteiger partial charge in [0.05, 0.1) is 0 Å². The fraction of sp³-hybridized carbons (Fsp3) is 0.188. The van der Waals surface area contributed by atoms with Crippen LogP contribution in [0.5, 0.6) is 0 Å². The number of halogens is 1. The smallest absolute Gasteiger partial charge is 0.192 e. The Morgan fingerprint density at radius 3 is 2.85 bits per heavy atom. The van der Waals surface area contributed by atoms with Crippen LogP contribution in [0.3, 0.4) is 0 Å². The molecule has 4 heteroatoms. The number of nitrogens with one attached hydrogen (secondary N) is 1. The molecule has 1 unspecified atom stereocenters. The van der Waals surface area contributed by atoms with Gasteiger partial charge in [-0.2, -0.15) is 0 Å². The molecule has 1 aromatic heterocycles. The number of hydrogen-bond acceptors (Lipinski definition) is 3. The Bertz CT molecular complexity index is 751. The summed E-state index contributed by atoms with van der Waals surface area (Å²) in [4.78, 5) is 4.30. The van der Waals surface area contributed by atoms with Crippen molar-refractivity contribution in [2.45, 2.75) is 19.9 Å². The predicted octanol–water partition coefficient (Wildman–Crippen LogP) is 4.45. The second-order valence-electron chi connectivity index (χ2n) is 4.84. The van der Waals surface area contributed by atoms with Crippen LogP contribution in [-0.2, 0) is 0 Å². The van der Waals surface area contributed by atoms with E-state index in [0.29, 0.717) is 5.89 Å². The lowest BCUT2D eigenvalue weighted by Crippen LogP contribution is -2.06. The molecule has 3 nitrogen and oxygen atoms in total. The van der Waals surface area contributed by atoms with E-state index in [4.69, 9.17) is 4.42 Å². The van der Waals surface area contributed by atoms with Crippen LogP contribution < -0.4 is 5.32 Å². The molecule has 0 fully saturated rings. The van der Waals surface area contributed by atoms with E-state index in [9.17, 15) is 4.39 Å². The largest absolute Gasteiger partial charge is 0.441 e. The van der Waals surface area contributed by atoms with E-state index in [1.807, 2.05) is 38.1 Å². The van der Waals surface area contributed by atoms with Gasteiger partial charge in [-0.3, -0.25) is 0 Å². The summed E-state index contributed by atoms with van der Waals surface area (Å²) in [5.41, 5.74) is 3.43. The van der Waals surface area contributed by atoms with Gasteiger partial charge < -0.3 is 9.73 Å². The maximum Gasteiger partial charge on any atom is 0.192 e. The van der Waals surface area contributed by atoms with Crippen LogP contribution in [0.1, 0.15) is 24.4 Å². The molecule has 0 saturated heterocycles. The molecule has 0 bridgehead atoms. The quantitative estimate of drug-likeness (QED) is 0.764. The number of aryl methyl sites for hydroxylation is 1. The number of fused-ring (bicyclic) bond motifs is 1. The molecule has 0 saturated carbocycles. The predicted molar refractivity (Wildman–Crippen MR) is 77.2 cm³/mol. The maximum absolute atomic E-state index is 13.2. The number of nitrogens with zero attached hydrogens (tertiary/aromatic N) is 1. The average molecular weight is 270 g/mol. The Hall–Kier alpha value is -2.36. The van der Waals surface area contributed by atoms with Gasteiger partial charge in [-0.1, -0.05) is 12.1 Å². The Morgan fingerprint density at radius 2 is 2.05 bits per heavy atom. The van der Waals surface area contributed by atoms with Crippen LogP contribution in [-0.4, -0.2) is 4.98 Å². The molecule has 0 spiro atoms. The minimum Gasteiger partial charge on any atom is -0.441 e. The molecule has 2 aromatic carbocycles. The van der Waals surface area contributed by atoms with Crippen molar-refractivity contribution >= 4 is 16.8 Å². The first kappa shape index (κ1) is 12.7. The lowest BCUT2D eigenvalue weighted by atomic mass is 10.1. The highest BCUT2D eigenvalue weighted by atomic mass is 19.1. The number of oxazole rings is 1. The summed E-state index contributed by atoms with van der Waals surface area (Å²) in [6.45, 7) is 3.81. The van der Waals surface area contributed by atoms with E-state index in [1.165, 1.54) is 12.1 Å². The number of benzene rings is 2. The Kier molecular flexibility index (Phi) is 3.14. The number of aromatic nitrogens is 1. The highest BCUT2D eigenvalue weighted by Gasteiger charge is 2.08. The monoisotopic (exact) mass is 270 g/mol. The van der Waals surface area contributed by atoms with E-state index in [0.717, 1.165) is 22.4 Å². The lowest BCUT2D eigenvalue weighted by Gasteiger charge is -2.15. The standard InChI is InChI=1S/C16H15FN2O/c1-10(12-4-3-5-13(17)8-12)18-14-6-7-16-15(9-14)19-11(2)20-16/h3-10,18H,1-2H3. The first-order valence-electron chi connectivity index (χ1n) is 6.51. The molecule has 0 radical (unpaired) electrons. The van der Waals surface area contributed by atoms with Crippen molar-refractivity contribution in [3.63, 3.8) is 0 Å². The van der Waals surface area contributed by atoms with Crippen LogP contribution in [0.2, 0.25) is 0 Å². The van der Waals surface area contributed by atoms with Gasteiger partial charge in [0.1, 0.15) is 11.3 Å². The molecule has 20 heavy (non-hydrogen) atoms. The van der Waals surface area contributed by atoms with Crippen molar-refractivity contribution in [2.24, 2.45) is 0 Å². The summed E-state index contributed by atoms with van der Waals surface area (Å²) < 4.78 is 18.7. The highest BCUT2D eigenvalue weighted by Crippen LogP contribution is 2.24. The van der Waals surface area contributed by atoms with Crippen LogP contribution in [0.25, 0.3) is 11.1 Å². The lowest BCUT2D eigenvalue weighted by molar-refractivity contribution is 0.561. The minimum absolute atomic E-state index is 0.0103. The van der Waals surface area contributed by atoms with E-state index < -0.39 is 0 Å². The molecule has 1 heterocycles. The topological polar surface area (TPSA) is 38.1 Å². The van der Waals surface area contributed by atoms with E-state index in [1.54, 1.807) is 6.07 Å². The van der Waals surface area contributed by atoms with Crippen molar-refractivity contribution in [2.75, 3.05) is 5.32 Å². The van der Waals surface area contributed by atoms with Crippen molar-refractivity contribution in [3.05, 3.63) is 59.7 Å². The zero-order valence-corrected chi connectivity index (χ0v) is 11.4. The summed E-state index contributed by atoms with van der Waals surface area (Å²) in [5, 5.41) is 3.34. The van der Waals surface area contributed by atoms with Crippen LogP contribution >= 0.6 is 0 Å². The molecule has 0 aliphatic rings. The molecular formula is C16H15FN2O. The van der Waals surface area contributed by atoms with Gasteiger partial charge in [0.15, 0.2) is 11.5 Å². The Morgan fingerprint density at radius 1 is 1.20 bits per heavy atom. The summed E-state index contributed by atoms with van der Waals surface area (Å²) in [7, 11) is 0. The number of rotatable bonds is 3.